The summed E-state index contributed by atoms with van der Waals surface area (Å²) >= 11 is 0. The number of aryl methyl sites for hydroxylation is 1. The molecule has 0 bridgehead atoms. The highest BCUT2D eigenvalue weighted by Gasteiger charge is 2.12. The zero-order chi connectivity index (χ0) is 13.0. The molecule has 0 aliphatic carbocycles. The van der Waals surface area contributed by atoms with Crippen LogP contribution in [0.1, 0.15) is 18.3 Å². The second-order valence-corrected chi connectivity index (χ2v) is 3.84. The molecular weight excluding hydrogens is 232 g/mol. The van der Waals surface area contributed by atoms with Crippen LogP contribution in [0.15, 0.2) is 30.6 Å². The topological polar surface area (TPSA) is 83.8 Å². The van der Waals surface area contributed by atoms with E-state index in [1.165, 1.54) is 0 Å². The van der Waals surface area contributed by atoms with Gasteiger partial charge in [0.1, 0.15) is 5.82 Å². The third kappa shape index (κ3) is 2.65. The molecule has 1 heterocycles. The van der Waals surface area contributed by atoms with Crippen LogP contribution in [-0.4, -0.2) is 14.9 Å². The van der Waals surface area contributed by atoms with Crippen molar-refractivity contribution < 1.29 is 4.92 Å². The maximum Gasteiger partial charge on any atom is 0.274 e. The average Bonchev–Trinajstić information content (AvgIpc) is 2.89. The van der Waals surface area contributed by atoms with Crippen LogP contribution in [0.3, 0.4) is 0 Å². The predicted molar refractivity (Wildman–Crippen MR) is 68.4 cm³/mol. The molecule has 94 valence electrons. The van der Waals surface area contributed by atoms with E-state index < -0.39 is 0 Å². The van der Waals surface area contributed by atoms with E-state index >= 15 is 0 Å². The summed E-state index contributed by atoms with van der Waals surface area (Å²) in [5, 5.41) is 14.0. The molecule has 0 fully saturated rings. The van der Waals surface area contributed by atoms with Gasteiger partial charge in [-0.05, 0) is 12.5 Å². The Balaban J connectivity index is 2.14. The molecule has 0 aliphatic rings. The second kappa shape index (κ2) is 5.31. The van der Waals surface area contributed by atoms with Gasteiger partial charge in [0.15, 0.2) is 0 Å². The molecule has 0 saturated heterocycles. The molecule has 1 aromatic carbocycles. The average molecular weight is 246 g/mol. The molecule has 0 amide bonds. The quantitative estimate of drug-likeness (QED) is 0.627. The first kappa shape index (κ1) is 12.1. The monoisotopic (exact) mass is 246 g/mol. The summed E-state index contributed by atoms with van der Waals surface area (Å²) in [6.07, 6.45) is 4.05. The van der Waals surface area contributed by atoms with Crippen molar-refractivity contribution in [2.75, 3.05) is 5.32 Å². The summed E-state index contributed by atoms with van der Waals surface area (Å²) in [6.45, 7) is 2.41. The SMILES string of the molecule is CCc1ccc(NCc2ncc[nH]2)cc1[N+](=O)[O-]. The lowest BCUT2D eigenvalue weighted by Gasteiger charge is -2.06. The fourth-order valence-corrected chi connectivity index (χ4v) is 1.72. The number of aromatic amines is 1. The van der Waals surface area contributed by atoms with Crippen molar-refractivity contribution in [2.45, 2.75) is 19.9 Å². The molecule has 6 heteroatoms. The highest BCUT2D eigenvalue weighted by molar-refractivity contribution is 5.55. The van der Waals surface area contributed by atoms with E-state index in [-0.39, 0.29) is 10.6 Å². The van der Waals surface area contributed by atoms with Gasteiger partial charge in [0.05, 0.1) is 11.5 Å². The minimum absolute atomic E-state index is 0.155. The van der Waals surface area contributed by atoms with Gasteiger partial charge < -0.3 is 10.3 Å². The van der Waals surface area contributed by atoms with Gasteiger partial charge in [0.25, 0.3) is 5.69 Å². The lowest BCUT2D eigenvalue weighted by Crippen LogP contribution is -2.02. The van der Waals surface area contributed by atoms with Crippen molar-refractivity contribution in [3.63, 3.8) is 0 Å². The fourth-order valence-electron chi connectivity index (χ4n) is 1.72. The van der Waals surface area contributed by atoms with Crippen molar-refractivity contribution >= 4 is 11.4 Å². The van der Waals surface area contributed by atoms with E-state index in [9.17, 15) is 10.1 Å². The molecule has 6 nitrogen and oxygen atoms in total. The van der Waals surface area contributed by atoms with E-state index in [0.717, 1.165) is 17.1 Å². The van der Waals surface area contributed by atoms with Crippen LogP contribution in [0.2, 0.25) is 0 Å². The molecule has 18 heavy (non-hydrogen) atoms. The van der Waals surface area contributed by atoms with Crippen molar-refractivity contribution in [1.82, 2.24) is 9.97 Å². The summed E-state index contributed by atoms with van der Waals surface area (Å²) < 4.78 is 0. The summed E-state index contributed by atoms with van der Waals surface area (Å²) in [5.74, 6) is 0.789. The lowest BCUT2D eigenvalue weighted by atomic mass is 10.1. The minimum Gasteiger partial charge on any atom is -0.378 e. The molecule has 0 saturated carbocycles. The van der Waals surface area contributed by atoms with Crippen LogP contribution in [0.5, 0.6) is 0 Å². The Morgan fingerprint density at radius 1 is 1.50 bits per heavy atom. The Labute approximate surface area is 104 Å². The highest BCUT2D eigenvalue weighted by atomic mass is 16.6. The molecule has 0 radical (unpaired) electrons. The standard InChI is InChI=1S/C12H14N4O2/c1-2-9-3-4-10(7-11(9)16(17)18)15-8-12-13-5-6-14-12/h3-7,15H,2,8H2,1H3,(H,13,14). The Morgan fingerprint density at radius 3 is 2.94 bits per heavy atom. The van der Waals surface area contributed by atoms with Crippen LogP contribution in [-0.2, 0) is 13.0 Å². The first-order chi connectivity index (χ1) is 8.70. The number of nitrogens with zero attached hydrogens (tertiary/aromatic N) is 2. The van der Waals surface area contributed by atoms with Gasteiger partial charge in [-0.2, -0.15) is 0 Å². The Bertz CT molecular complexity index is 537. The molecule has 2 aromatic rings. The van der Waals surface area contributed by atoms with E-state index in [2.05, 4.69) is 15.3 Å². The van der Waals surface area contributed by atoms with Gasteiger partial charge >= 0.3 is 0 Å². The molecule has 2 rings (SSSR count). The molecule has 0 spiro atoms. The third-order valence-electron chi connectivity index (χ3n) is 2.68. The van der Waals surface area contributed by atoms with Crippen molar-refractivity contribution in [2.24, 2.45) is 0 Å². The molecule has 0 atom stereocenters. The number of rotatable bonds is 5. The van der Waals surface area contributed by atoms with Gasteiger partial charge in [-0.25, -0.2) is 4.98 Å². The number of benzene rings is 1. The summed E-state index contributed by atoms with van der Waals surface area (Å²) in [4.78, 5) is 17.6. The normalized spacial score (nSPS) is 10.3. The number of aromatic nitrogens is 2. The lowest BCUT2D eigenvalue weighted by molar-refractivity contribution is -0.385. The first-order valence-electron chi connectivity index (χ1n) is 5.70. The van der Waals surface area contributed by atoms with Gasteiger partial charge in [-0.15, -0.1) is 0 Å². The summed E-state index contributed by atoms with van der Waals surface area (Å²) in [6, 6.07) is 5.18. The van der Waals surface area contributed by atoms with E-state index in [4.69, 9.17) is 0 Å². The van der Waals surface area contributed by atoms with Crippen LogP contribution in [0.25, 0.3) is 0 Å². The van der Waals surface area contributed by atoms with Crippen molar-refractivity contribution in [1.29, 1.82) is 0 Å². The maximum absolute atomic E-state index is 10.9. The number of imidazole rings is 1. The van der Waals surface area contributed by atoms with Gasteiger partial charge in [0.2, 0.25) is 0 Å². The molecule has 0 unspecified atom stereocenters. The second-order valence-electron chi connectivity index (χ2n) is 3.84. The Kier molecular flexibility index (Phi) is 3.57. The Morgan fingerprint density at radius 2 is 2.33 bits per heavy atom. The van der Waals surface area contributed by atoms with Gasteiger partial charge in [-0.1, -0.05) is 13.0 Å². The molecule has 2 N–H and O–H groups in total. The largest absolute Gasteiger partial charge is 0.378 e. The fraction of sp³-hybridized carbons (Fsp3) is 0.250. The zero-order valence-corrected chi connectivity index (χ0v) is 10.0. The number of nitro benzene ring substituents is 1. The van der Waals surface area contributed by atoms with E-state index in [0.29, 0.717) is 13.0 Å². The van der Waals surface area contributed by atoms with Crippen LogP contribution >= 0.6 is 0 Å². The summed E-state index contributed by atoms with van der Waals surface area (Å²) in [7, 11) is 0. The Hall–Kier alpha value is -2.37. The molecular formula is C12H14N4O2. The minimum atomic E-state index is -0.350. The number of anilines is 1. The number of H-pyrrole nitrogens is 1. The third-order valence-corrected chi connectivity index (χ3v) is 2.68. The van der Waals surface area contributed by atoms with Crippen molar-refractivity contribution in [3.8, 4) is 0 Å². The number of nitrogens with one attached hydrogen (secondary N) is 2. The maximum atomic E-state index is 10.9. The van der Waals surface area contributed by atoms with E-state index in [1.807, 2.05) is 13.0 Å². The highest BCUT2D eigenvalue weighted by Crippen LogP contribution is 2.23. The number of hydrogen-bond acceptors (Lipinski definition) is 4. The van der Waals surface area contributed by atoms with Crippen molar-refractivity contribution in [3.05, 3.63) is 52.1 Å². The van der Waals surface area contributed by atoms with Crippen LogP contribution < -0.4 is 5.32 Å². The van der Waals surface area contributed by atoms with Crippen LogP contribution in [0, 0.1) is 10.1 Å². The van der Waals surface area contributed by atoms with Crippen LogP contribution in [0.4, 0.5) is 11.4 Å². The van der Waals surface area contributed by atoms with E-state index in [1.54, 1.807) is 24.5 Å². The summed E-state index contributed by atoms with van der Waals surface area (Å²) in [5.41, 5.74) is 1.61. The zero-order valence-electron chi connectivity index (χ0n) is 10.0. The molecule has 0 aliphatic heterocycles. The van der Waals surface area contributed by atoms with Gasteiger partial charge in [-0.3, -0.25) is 10.1 Å². The number of nitro groups is 1. The number of hydrogen-bond donors (Lipinski definition) is 2. The van der Waals surface area contributed by atoms with Gasteiger partial charge in [0, 0.05) is 29.7 Å². The molecule has 1 aromatic heterocycles. The predicted octanol–water partition coefficient (Wildman–Crippen LogP) is 2.49. The smallest absolute Gasteiger partial charge is 0.274 e. The first-order valence-corrected chi connectivity index (χ1v) is 5.70.